The van der Waals surface area contributed by atoms with Gasteiger partial charge in [0.1, 0.15) is 23.4 Å². The summed E-state index contributed by atoms with van der Waals surface area (Å²) in [6.45, 7) is 0. The molecule has 1 atom stereocenters. The minimum atomic E-state index is 0.105. The maximum absolute atomic E-state index is 6.64. The lowest BCUT2D eigenvalue weighted by molar-refractivity contribution is 0.190. The van der Waals surface area contributed by atoms with E-state index < -0.39 is 0 Å². The van der Waals surface area contributed by atoms with Crippen LogP contribution in [0.25, 0.3) is 22.3 Å². The van der Waals surface area contributed by atoms with Gasteiger partial charge < -0.3 is 9.47 Å². The molecule has 4 aromatic carbocycles. The fourth-order valence-electron chi connectivity index (χ4n) is 4.83. The second-order valence-electron chi connectivity index (χ2n) is 8.85. The minimum Gasteiger partial charge on any atom is -0.490 e. The van der Waals surface area contributed by atoms with E-state index in [0.29, 0.717) is 0 Å². The standard InChI is InChI=1S/C31H26O2/c1-3-8-22(9-4-1)24-14-16-30-26(18-24)20-28-12-7-13-29(32-30)21-27-19-25(15-17-31(27)33-28)23-10-5-2-6-11-23/h1-6,8-12,14-19,29H,7,13,20-21H2/b28-12-/t29-/m1/s1. The highest BCUT2D eigenvalue weighted by molar-refractivity contribution is 5.67. The van der Waals surface area contributed by atoms with Crippen LogP contribution in [0.3, 0.4) is 0 Å². The Hall–Kier alpha value is -3.78. The van der Waals surface area contributed by atoms with E-state index in [4.69, 9.17) is 9.47 Å². The van der Waals surface area contributed by atoms with Gasteiger partial charge in [-0.25, -0.2) is 0 Å². The van der Waals surface area contributed by atoms with Crippen LogP contribution in [0.4, 0.5) is 0 Å². The normalized spacial score (nSPS) is 18.5. The van der Waals surface area contributed by atoms with Crippen molar-refractivity contribution in [3.05, 3.63) is 120 Å². The van der Waals surface area contributed by atoms with E-state index in [0.717, 1.165) is 42.9 Å². The van der Waals surface area contributed by atoms with Crippen molar-refractivity contribution in [2.24, 2.45) is 0 Å². The highest BCUT2D eigenvalue weighted by atomic mass is 16.5. The van der Waals surface area contributed by atoms with Crippen molar-refractivity contribution in [3.63, 3.8) is 0 Å². The summed E-state index contributed by atoms with van der Waals surface area (Å²) in [5, 5.41) is 0. The summed E-state index contributed by atoms with van der Waals surface area (Å²) >= 11 is 0. The van der Waals surface area contributed by atoms with E-state index in [9.17, 15) is 0 Å². The summed E-state index contributed by atoms with van der Waals surface area (Å²) in [5.41, 5.74) is 7.25. The highest BCUT2D eigenvalue weighted by Crippen LogP contribution is 2.36. The van der Waals surface area contributed by atoms with Crippen LogP contribution in [0.2, 0.25) is 0 Å². The zero-order valence-electron chi connectivity index (χ0n) is 18.5. The largest absolute Gasteiger partial charge is 0.490 e. The van der Waals surface area contributed by atoms with Crippen LogP contribution >= 0.6 is 0 Å². The van der Waals surface area contributed by atoms with Gasteiger partial charge in [0.05, 0.1) is 0 Å². The zero-order valence-corrected chi connectivity index (χ0v) is 18.5. The lowest BCUT2D eigenvalue weighted by atomic mass is 9.97. The summed E-state index contributed by atoms with van der Waals surface area (Å²) in [6.07, 6.45) is 5.84. The summed E-state index contributed by atoms with van der Waals surface area (Å²) < 4.78 is 13.2. The average Bonchev–Trinajstić information content (AvgIpc) is 3.00. The van der Waals surface area contributed by atoms with Crippen molar-refractivity contribution >= 4 is 0 Å². The Labute approximate surface area is 195 Å². The lowest BCUT2D eigenvalue weighted by Crippen LogP contribution is -2.20. The molecule has 0 fully saturated rings. The third kappa shape index (κ3) is 4.17. The third-order valence-electron chi connectivity index (χ3n) is 6.54. The van der Waals surface area contributed by atoms with E-state index in [1.54, 1.807) is 0 Å². The minimum absolute atomic E-state index is 0.105. The first-order valence-electron chi connectivity index (χ1n) is 11.7. The molecule has 6 rings (SSSR count). The number of hydrogen-bond acceptors (Lipinski definition) is 2. The molecule has 2 nitrogen and oxygen atoms in total. The maximum atomic E-state index is 6.64. The maximum Gasteiger partial charge on any atom is 0.130 e. The molecule has 0 unspecified atom stereocenters. The Morgan fingerprint density at radius 1 is 0.606 bits per heavy atom. The van der Waals surface area contributed by atoms with Crippen LogP contribution in [0.15, 0.2) is 109 Å². The van der Waals surface area contributed by atoms with Crippen LogP contribution in [0, 0.1) is 0 Å². The number of fused-ring (bicyclic) bond motifs is 5. The van der Waals surface area contributed by atoms with Crippen LogP contribution in [-0.2, 0) is 12.8 Å². The average molecular weight is 431 g/mol. The first-order chi connectivity index (χ1) is 16.3. The molecule has 162 valence electrons. The van der Waals surface area contributed by atoms with Gasteiger partial charge >= 0.3 is 0 Å². The van der Waals surface area contributed by atoms with Crippen LogP contribution < -0.4 is 9.47 Å². The molecule has 0 spiro atoms. The summed E-state index contributed by atoms with van der Waals surface area (Å²) in [7, 11) is 0. The molecule has 2 aliphatic rings. The quantitative estimate of drug-likeness (QED) is 0.326. The van der Waals surface area contributed by atoms with Gasteiger partial charge in [-0.2, -0.15) is 0 Å². The SMILES string of the molecule is C1=C2/Cc3cc(-c4ccccc4)ccc3O[C@H](CC/1)Cc1cc(-c3ccccc3)ccc1O2. The molecule has 0 saturated carbocycles. The Balaban J connectivity index is 1.38. The molecule has 0 radical (unpaired) electrons. The smallest absolute Gasteiger partial charge is 0.130 e. The number of benzene rings is 4. The second kappa shape index (κ2) is 8.63. The Kier molecular flexibility index (Phi) is 5.20. The predicted molar refractivity (Wildman–Crippen MR) is 134 cm³/mol. The van der Waals surface area contributed by atoms with Crippen molar-refractivity contribution in [2.75, 3.05) is 0 Å². The molecule has 2 heteroatoms. The van der Waals surface area contributed by atoms with Crippen LogP contribution in [0.1, 0.15) is 24.0 Å². The molecule has 2 bridgehead atoms. The number of hydrogen-bond donors (Lipinski definition) is 0. The lowest BCUT2D eigenvalue weighted by Gasteiger charge is -2.24. The van der Waals surface area contributed by atoms with E-state index >= 15 is 0 Å². The first-order valence-corrected chi connectivity index (χ1v) is 11.7. The van der Waals surface area contributed by atoms with Crippen molar-refractivity contribution in [3.8, 4) is 33.8 Å². The molecular weight excluding hydrogens is 404 g/mol. The first kappa shape index (κ1) is 19.9. The molecule has 2 aliphatic heterocycles. The topological polar surface area (TPSA) is 18.5 Å². The monoisotopic (exact) mass is 430 g/mol. The van der Waals surface area contributed by atoms with E-state index in [2.05, 4.69) is 103 Å². The van der Waals surface area contributed by atoms with Crippen molar-refractivity contribution in [1.82, 2.24) is 0 Å². The predicted octanol–water partition coefficient (Wildman–Crippen LogP) is 7.62. The molecule has 4 aromatic rings. The van der Waals surface area contributed by atoms with Gasteiger partial charge in [0.2, 0.25) is 0 Å². The van der Waals surface area contributed by atoms with Gasteiger partial charge in [-0.1, -0.05) is 72.8 Å². The molecule has 33 heavy (non-hydrogen) atoms. The fourth-order valence-corrected chi connectivity index (χ4v) is 4.83. The molecule has 0 aromatic heterocycles. The van der Waals surface area contributed by atoms with Gasteiger partial charge in [-0.15, -0.1) is 0 Å². The van der Waals surface area contributed by atoms with E-state index in [1.165, 1.54) is 33.4 Å². The van der Waals surface area contributed by atoms with E-state index in [1.807, 2.05) is 0 Å². The van der Waals surface area contributed by atoms with Gasteiger partial charge in [0.25, 0.3) is 0 Å². The van der Waals surface area contributed by atoms with Crippen molar-refractivity contribution in [2.45, 2.75) is 31.8 Å². The molecular formula is C31H26O2. The van der Waals surface area contributed by atoms with Gasteiger partial charge in [0.15, 0.2) is 0 Å². The van der Waals surface area contributed by atoms with Gasteiger partial charge in [0, 0.05) is 18.4 Å². The fraction of sp³-hybridized carbons (Fsp3) is 0.161. The summed E-state index contributed by atoms with van der Waals surface area (Å²) in [4.78, 5) is 0. The summed E-state index contributed by atoms with van der Waals surface area (Å²) in [5.74, 6) is 2.92. The number of ether oxygens (including phenoxy) is 2. The second-order valence-corrected chi connectivity index (χ2v) is 8.85. The number of allylic oxidation sites excluding steroid dienone is 2. The van der Waals surface area contributed by atoms with Crippen molar-refractivity contribution < 1.29 is 9.47 Å². The number of rotatable bonds is 2. The Morgan fingerprint density at radius 3 is 1.94 bits per heavy atom. The Morgan fingerprint density at radius 2 is 1.24 bits per heavy atom. The molecule has 0 amide bonds. The van der Waals surface area contributed by atoms with Gasteiger partial charge in [-0.05, 0) is 71.0 Å². The van der Waals surface area contributed by atoms with Crippen LogP contribution in [0.5, 0.6) is 11.5 Å². The van der Waals surface area contributed by atoms with Gasteiger partial charge in [-0.3, -0.25) is 0 Å². The highest BCUT2D eigenvalue weighted by Gasteiger charge is 2.23. The molecule has 0 aliphatic carbocycles. The van der Waals surface area contributed by atoms with E-state index in [-0.39, 0.29) is 6.10 Å². The third-order valence-corrected chi connectivity index (χ3v) is 6.54. The van der Waals surface area contributed by atoms with Crippen LogP contribution in [-0.4, -0.2) is 6.10 Å². The van der Waals surface area contributed by atoms with Crippen molar-refractivity contribution in [1.29, 1.82) is 0 Å². The zero-order chi connectivity index (χ0) is 22.0. The Bertz CT molecular complexity index is 1310. The molecule has 0 saturated heterocycles. The molecule has 0 N–H and O–H groups in total. The molecule has 2 heterocycles. The summed E-state index contributed by atoms with van der Waals surface area (Å²) in [6, 6.07) is 34.1.